The summed E-state index contributed by atoms with van der Waals surface area (Å²) >= 11 is 0. The molecule has 4 heteroatoms. The van der Waals surface area contributed by atoms with E-state index >= 15 is 0 Å². The zero-order valence-corrected chi connectivity index (χ0v) is 12.8. The topological polar surface area (TPSA) is 37.4 Å². The second-order valence-corrected chi connectivity index (χ2v) is 5.53. The first-order valence-corrected chi connectivity index (χ1v) is 7.71. The number of aromatic nitrogens is 1. The van der Waals surface area contributed by atoms with E-state index in [2.05, 4.69) is 47.5 Å². The third-order valence-corrected chi connectivity index (χ3v) is 4.04. The Balaban J connectivity index is 2.02. The van der Waals surface area contributed by atoms with Crippen LogP contribution in [0.5, 0.6) is 0 Å². The van der Waals surface area contributed by atoms with Crippen LogP contribution in [0.15, 0.2) is 30.3 Å². The van der Waals surface area contributed by atoms with Crippen LogP contribution in [0.2, 0.25) is 0 Å². The SMILES string of the molecule is CCC1CN(c2cc(CNC)nc3ccccc23)CCO1. The average molecular weight is 285 g/mol. The molecular formula is C17H23N3O. The van der Waals surface area contributed by atoms with Gasteiger partial charge in [-0.15, -0.1) is 0 Å². The van der Waals surface area contributed by atoms with Gasteiger partial charge in [-0.2, -0.15) is 0 Å². The minimum absolute atomic E-state index is 0.332. The highest BCUT2D eigenvalue weighted by atomic mass is 16.5. The fourth-order valence-corrected chi connectivity index (χ4v) is 2.93. The van der Waals surface area contributed by atoms with Gasteiger partial charge < -0.3 is 15.0 Å². The van der Waals surface area contributed by atoms with E-state index in [1.807, 2.05) is 7.05 Å². The second-order valence-electron chi connectivity index (χ2n) is 5.53. The summed E-state index contributed by atoms with van der Waals surface area (Å²) in [6.45, 7) is 5.69. The molecule has 0 spiro atoms. The van der Waals surface area contributed by atoms with Crippen molar-refractivity contribution in [3.05, 3.63) is 36.0 Å². The summed E-state index contributed by atoms with van der Waals surface area (Å²) in [7, 11) is 1.96. The first kappa shape index (κ1) is 14.3. The van der Waals surface area contributed by atoms with Crippen molar-refractivity contribution in [3.8, 4) is 0 Å². The van der Waals surface area contributed by atoms with E-state index in [1.54, 1.807) is 0 Å². The Bertz CT molecular complexity index is 614. The monoisotopic (exact) mass is 285 g/mol. The van der Waals surface area contributed by atoms with Gasteiger partial charge in [0.05, 0.1) is 23.9 Å². The van der Waals surface area contributed by atoms with Crippen molar-refractivity contribution in [3.63, 3.8) is 0 Å². The molecule has 1 aliphatic heterocycles. The van der Waals surface area contributed by atoms with Gasteiger partial charge in [-0.1, -0.05) is 25.1 Å². The van der Waals surface area contributed by atoms with E-state index in [-0.39, 0.29) is 0 Å². The standard InChI is InChI=1S/C17H23N3O/c1-3-14-12-20(8-9-21-14)17-10-13(11-18-2)19-16-7-5-4-6-15(16)17/h4-7,10,14,18H,3,8-9,11-12H2,1-2H3. The van der Waals surface area contributed by atoms with Gasteiger partial charge in [0.15, 0.2) is 0 Å². The van der Waals surface area contributed by atoms with Crippen molar-refractivity contribution >= 4 is 16.6 Å². The maximum absolute atomic E-state index is 5.80. The molecule has 1 aromatic heterocycles. The minimum Gasteiger partial charge on any atom is -0.375 e. The van der Waals surface area contributed by atoms with Crippen molar-refractivity contribution in [2.75, 3.05) is 31.6 Å². The summed E-state index contributed by atoms with van der Waals surface area (Å²) in [4.78, 5) is 7.18. The Morgan fingerprint density at radius 2 is 2.24 bits per heavy atom. The van der Waals surface area contributed by atoms with Crippen molar-refractivity contribution in [1.29, 1.82) is 0 Å². The summed E-state index contributed by atoms with van der Waals surface area (Å²) < 4.78 is 5.80. The minimum atomic E-state index is 0.332. The van der Waals surface area contributed by atoms with E-state index in [1.165, 1.54) is 11.1 Å². The van der Waals surface area contributed by atoms with Gasteiger partial charge in [0.25, 0.3) is 0 Å². The van der Waals surface area contributed by atoms with Gasteiger partial charge >= 0.3 is 0 Å². The number of para-hydroxylation sites is 1. The second kappa shape index (κ2) is 6.41. The lowest BCUT2D eigenvalue weighted by Crippen LogP contribution is -2.42. The Morgan fingerprint density at radius 1 is 1.38 bits per heavy atom. The van der Waals surface area contributed by atoms with Crippen LogP contribution in [0.1, 0.15) is 19.0 Å². The highest BCUT2D eigenvalue weighted by Crippen LogP contribution is 2.28. The van der Waals surface area contributed by atoms with E-state index in [0.717, 1.165) is 43.9 Å². The van der Waals surface area contributed by atoms with Crippen LogP contribution in [0.25, 0.3) is 10.9 Å². The maximum atomic E-state index is 5.80. The molecule has 4 nitrogen and oxygen atoms in total. The molecule has 0 radical (unpaired) electrons. The number of anilines is 1. The lowest BCUT2D eigenvalue weighted by atomic mass is 10.1. The average Bonchev–Trinajstić information content (AvgIpc) is 2.54. The lowest BCUT2D eigenvalue weighted by Gasteiger charge is -2.35. The highest BCUT2D eigenvalue weighted by Gasteiger charge is 2.21. The van der Waals surface area contributed by atoms with Crippen LogP contribution >= 0.6 is 0 Å². The molecule has 1 saturated heterocycles. The smallest absolute Gasteiger partial charge is 0.0748 e. The fourth-order valence-electron chi connectivity index (χ4n) is 2.93. The summed E-state index contributed by atoms with van der Waals surface area (Å²) in [5, 5.41) is 4.42. The number of fused-ring (bicyclic) bond motifs is 1. The normalized spacial score (nSPS) is 19.1. The Hall–Kier alpha value is -1.65. The quantitative estimate of drug-likeness (QED) is 0.937. The summed E-state index contributed by atoms with van der Waals surface area (Å²) in [5.41, 5.74) is 3.44. The number of benzene rings is 1. The van der Waals surface area contributed by atoms with E-state index < -0.39 is 0 Å². The Kier molecular flexibility index (Phi) is 4.36. The first-order chi connectivity index (χ1) is 10.3. The number of nitrogens with zero attached hydrogens (tertiary/aromatic N) is 2. The van der Waals surface area contributed by atoms with Crippen LogP contribution in [-0.2, 0) is 11.3 Å². The summed E-state index contributed by atoms with van der Waals surface area (Å²) in [6.07, 6.45) is 1.39. The molecule has 0 aliphatic carbocycles. The molecule has 2 heterocycles. The molecular weight excluding hydrogens is 262 g/mol. The molecule has 1 unspecified atom stereocenters. The Labute approximate surface area is 126 Å². The zero-order chi connectivity index (χ0) is 14.7. The fraction of sp³-hybridized carbons (Fsp3) is 0.471. The first-order valence-electron chi connectivity index (χ1n) is 7.71. The van der Waals surface area contributed by atoms with Crippen LogP contribution in [0.4, 0.5) is 5.69 Å². The van der Waals surface area contributed by atoms with Crippen molar-refractivity contribution in [2.45, 2.75) is 26.0 Å². The molecule has 0 saturated carbocycles. The van der Waals surface area contributed by atoms with Gasteiger partial charge in [0.1, 0.15) is 0 Å². The molecule has 0 bridgehead atoms. The third-order valence-electron chi connectivity index (χ3n) is 4.04. The molecule has 1 aliphatic rings. The summed E-state index contributed by atoms with van der Waals surface area (Å²) in [5.74, 6) is 0. The van der Waals surface area contributed by atoms with Crippen LogP contribution < -0.4 is 10.2 Å². The number of ether oxygens (including phenoxy) is 1. The number of pyridine rings is 1. The Morgan fingerprint density at radius 3 is 3.05 bits per heavy atom. The molecule has 1 aromatic carbocycles. The van der Waals surface area contributed by atoms with Crippen molar-refractivity contribution < 1.29 is 4.74 Å². The molecule has 1 atom stereocenters. The third kappa shape index (κ3) is 3.01. The van der Waals surface area contributed by atoms with E-state index in [9.17, 15) is 0 Å². The number of nitrogens with one attached hydrogen (secondary N) is 1. The van der Waals surface area contributed by atoms with Crippen LogP contribution in [0, 0.1) is 0 Å². The lowest BCUT2D eigenvalue weighted by molar-refractivity contribution is 0.0385. The van der Waals surface area contributed by atoms with Crippen molar-refractivity contribution in [2.24, 2.45) is 0 Å². The maximum Gasteiger partial charge on any atom is 0.0748 e. The van der Waals surface area contributed by atoms with Gasteiger partial charge in [0.2, 0.25) is 0 Å². The predicted octanol–water partition coefficient (Wildman–Crippen LogP) is 2.57. The molecule has 1 fully saturated rings. The predicted molar refractivity (Wildman–Crippen MR) is 86.8 cm³/mol. The number of rotatable bonds is 4. The highest BCUT2D eigenvalue weighted by molar-refractivity contribution is 5.92. The van der Waals surface area contributed by atoms with Gasteiger partial charge in [-0.05, 0) is 25.6 Å². The largest absolute Gasteiger partial charge is 0.375 e. The van der Waals surface area contributed by atoms with Gasteiger partial charge in [-0.25, -0.2) is 0 Å². The molecule has 0 amide bonds. The van der Waals surface area contributed by atoms with Gasteiger partial charge in [-0.3, -0.25) is 4.98 Å². The molecule has 1 N–H and O–H groups in total. The van der Waals surface area contributed by atoms with Crippen LogP contribution in [-0.4, -0.2) is 37.8 Å². The zero-order valence-electron chi connectivity index (χ0n) is 12.8. The van der Waals surface area contributed by atoms with Crippen LogP contribution in [0.3, 0.4) is 0 Å². The van der Waals surface area contributed by atoms with Gasteiger partial charge in [0, 0.05) is 30.7 Å². The van der Waals surface area contributed by atoms with E-state index in [4.69, 9.17) is 9.72 Å². The number of morpholine rings is 1. The molecule has 3 rings (SSSR count). The molecule has 112 valence electrons. The molecule has 21 heavy (non-hydrogen) atoms. The summed E-state index contributed by atoms with van der Waals surface area (Å²) in [6, 6.07) is 10.6. The van der Waals surface area contributed by atoms with Crippen molar-refractivity contribution in [1.82, 2.24) is 10.3 Å². The van der Waals surface area contributed by atoms with E-state index in [0.29, 0.717) is 6.10 Å². The number of hydrogen-bond donors (Lipinski definition) is 1. The number of hydrogen-bond acceptors (Lipinski definition) is 4. The molecule has 2 aromatic rings.